The average Bonchev–Trinajstić information content (AvgIpc) is 2.81. The molecule has 0 radical (unpaired) electrons. The highest BCUT2D eigenvalue weighted by molar-refractivity contribution is 5.31. The topological polar surface area (TPSA) is 20.2 Å². The summed E-state index contributed by atoms with van der Waals surface area (Å²) in [6.45, 7) is 0. The highest BCUT2D eigenvalue weighted by Crippen LogP contribution is 2.38. The summed E-state index contributed by atoms with van der Waals surface area (Å²) in [7, 11) is 0. The smallest absolute Gasteiger partial charge is 0.0693 e. The molecule has 0 amide bonds. The molecule has 1 N–H and O–H groups in total. The van der Waals surface area contributed by atoms with E-state index in [1.54, 1.807) is 0 Å². The van der Waals surface area contributed by atoms with Crippen molar-refractivity contribution in [2.24, 2.45) is 5.92 Å². The Balaban J connectivity index is 1.73. The van der Waals surface area contributed by atoms with Crippen LogP contribution in [0, 0.1) is 5.92 Å². The maximum Gasteiger partial charge on any atom is 0.0693 e. The SMILES string of the molecule is OC1(CC2CCCC2)CCc2ccccc2C1. The first kappa shape index (κ1) is 11.3. The molecule has 1 aromatic rings. The number of hydrogen-bond donors (Lipinski definition) is 1. The lowest BCUT2D eigenvalue weighted by Crippen LogP contribution is -2.37. The predicted octanol–water partition coefficient (Wildman–Crippen LogP) is 3.49. The van der Waals surface area contributed by atoms with E-state index in [0.29, 0.717) is 0 Å². The molecular formula is C16H22O. The number of benzene rings is 1. The van der Waals surface area contributed by atoms with Gasteiger partial charge in [0.25, 0.3) is 0 Å². The largest absolute Gasteiger partial charge is 0.390 e. The van der Waals surface area contributed by atoms with Crippen molar-refractivity contribution in [3.63, 3.8) is 0 Å². The fourth-order valence-electron chi connectivity index (χ4n) is 3.71. The van der Waals surface area contributed by atoms with Gasteiger partial charge in [-0.2, -0.15) is 0 Å². The predicted molar refractivity (Wildman–Crippen MR) is 70.0 cm³/mol. The first-order valence-corrected chi connectivity index (χ1v) is 7.04. The Bertz CT molecular complexity index is 392. The van der Waals surface area contributed by atoms with Gasteiger partial charge in [0.2, 0.25) is 0 Å². The molecule has 2 aliphatic carbocycles. The summed E-state index contributed by atoms with van der Waals surface area (Å²) in [5.74, 6) is 0.783. The molecule has 0 aromatic heterocycles. The van der Waals surface area contributed by atoms with Crippen LogP contribution < -0.4 is 0 Å². The summed E-state index contributed by atoms with van der Waals surface area (Å²) in [6, 6.07) is 8.61. The monoisotopic (exact) mass is 230 g/mol. The van der Waals surface area contributed by atoms with Crippen molar-refractivity contribution in [2.75, 3.05) is 0 Å². The zero-order chi connectivity index (χ0) is 11.7. The number of hydrogen-bond acceptors (Lipinski definition) is 1. The number of aryl methyl sites for hydroxylation is 1. The van der Waals surface area contributed by atoms with Gasteiger partial charge in [-0.25, -0.2) is 0 Å². The van der Waals surface area contributed by atoms with E-state index >= 15 is 0 Å². The zero-order valence-corrected chi connectivity index (χ0v) is 10.5. The van der Waals surface area contributed by atoms with Crippen LogP contribution in [-0.4, -0.2) is 10.7 Å². The fraction of sp³-hybridized carbons (Fsp3) is 0.625. The van der Waals surface area contributed by atoms with Crippen molar-refractivity contribution < 1.29 is 5.11 Å². The molecule has 1 atom stereocenters. The highest BCUT2D eigenvalue weighted by atomic mass is 16.3. The van der Waals surface area contributed by atoms with Crippen molar-refractivity contribution in [3.8, 4) is 0 Å². The second-order valence-electron chi connectivity index (χ2n) is 6.02. The van der Waals surface area contributed by atoms with Crippen molar-refractivity contribution in [3.05, 3.63) is 35.4 Å². The lowest BCUT2D eigenvalue weighted by atomic mass is 9.75. The first-order chi connectivity index (χ1) is 8.25. The average molecular weight is 230 g/mol. The number of aliphatic hydroxyl groups is 1. The van der Waals surface area contributed by atoms with Crippen LogP contribution in [0.1, 0.15) is 49.7 Å². The van der Waals surface area contributed by atoms with Gasteiger partial charge in [0.05, 0.1) is 5.60 Å². The fourth-order valence-corrected chi connectivity index (χ4v) is 3.71. The molecule has 3 rings (SSSR count). The standard InChI is InChI=1S/C16H22O/c17-16(11-13-5-1-2-6-13)10-9-14-7-3-4-8-15(14)12-16/h3-4,7-8,13,17H,1-2,5-6,9-12H2. The maximum absolute atomic E-state index is 10.8. The van der Waals surface area contributed by atoms with Gasteiger partial charge in [-0.3, -0.25) is 0 Å². The van der Waals surface area contributed by atoms with Crippen LogP contribution in [0.4, 0.5) is 0 Å². The second kappa shape index (κ2) is 4.45. The molecule has 1 nitrogen and oxygen atoms in total. The lowest BCUT2D eigenvalue weighted by molar-refractivity contribution is 0.00330. The lowest BCUT2D eigenvalue weighted by Gasteiger charge is -2.35. The van der Waals surface area contributed by atoms with Gasteiger partial charge in [-0.15, -0.1) is 0 Å². The Morgan fingerprint density at radius 3 is 2.59 bits per heavy atom. The summed E-state index contributed by atoms with van der Waals surface area (Å²) < 4.78 is 0. The minimum atomic E-state index is -0.413. The normalized spacial score (nSPS) is 29.2. The van der Waals surface area contributed by atoms with E-state index in [-0.39, 0.29) is 0 Å². The third kappa shape index (κ3) is 2.40. The van der Waals surface area contributed by atoms with Crippen LogP contribution in [0.3, 0.4) is 0 Å². The third-order valence-electron chi connectivity index (χ3n) is 4.64. The molecule has 0 spiro atoms. The van der Waals surface area contributed by atoms with E-state index < -0.39 is 5.60 Å². The van der Waals surface area contributed by atoms with Crippen LogP contribution in [0.25, 0.3) is 0 Å². The Hall–Kier alpha value is -0.820. The molecular weight excluding hydrogens is 208 g/mol. The van der Waals surface area contributed by atoms with E-state index in [1.165, 1.54) is 36.8 Å². The summed E-state index contributed by atoms with van der Waals surface area (Å²) in [5.41, 5.74) is 2.41. The van der Waals surface area contributed by atoms with Gasteiger partial charge >= 0.3 is 0 Å². The van der Waals surface area contributed by atoms with E-state index in [4.69, 9.17) is 0 Å². The molecule has 2 aliphatic rings. The van der Waals surface area contributed by atoms with Crippen molar-refractivity contribution in [2.45, 2.75) is 57.0 Å². The quantitative estimate of drug-likeness (QED) is 0.824. The number of fused-ring (bicyclic) bond motifs is 1. The zero-order valence-electron chi connectivity index (χ0n) is 10.5. The van der Waals surface area contributed by atoms with E-state index in [0.717, 1.165) is 31.6 Å². The summed E-state index contributed by atoms with van der Waals surface area (Å²) in [5, 5.41) is 10.8. The Kier molecular flexibility index (Phi) is 2.96. The molecule has 1 saturated carbocycles. The van der Waals surface area contributed by atoms with E-state index in [2.05, 4.69) is 24.3 Å². The molecule has 1 heteroatoms. The molecule has 17 heavy (non-hydrogen) atoms. The third-order valence-corrected chi connectivity index (χ3v) is 4.64. The van der Waals surface area contributed by atoms with Gasteiger partial charge in [-0.1, -0.05) is 49.9 Å². The van der Waals surface area contributed by atoms with Gasteiger partial charge in [0, 0.05) is 6.42 Å². The summed E-state index contributed by atoms with van der Waals surface area (Å²) in [4.78, 5) is 0. The minimum absolute atomic E-state index is 0.413. The minimum Gasteiger partial charge on any atom is -0.390 e. The molecule has 92 valence electrons. The van der Waals surface area contributed by atoms with Crippen LogP contribution in [0.15, 0.2) is 24.3 Å². The Morgan fingerprint density at radius 1 is 1.12 bits per heavy atom. The molecule has 0 aliphatic heterocycles. The Labute approximate surface area is 104 Å². The molecule has 1 fully saturated rings. The van der Waals surface area contributed by atoms with Gasteiger partial charge in [0.1, 0.15) is 0 Å². The maximum atomic E-state index is 10.8. The molecule has 0 bridgehead atoms. The second-order valence-corrected chi connectivity index (χ2v) is 6.02. The van der Waals surface area contributed by atoms with Crippen molar-refractivity contribution >= 4 is 0 Å². The van der Waals surface area contributed by atoms with Crippen molar-refractivity contribution in [1.29, 1.82) is 0 Å². The molecule has 0 saturated heterocycles. The molecule has 0 heterocycles. The van der Waals surface area contributed by atoms with E-state index in [1.807, 2.05) is 0 Å². The van der Waals surface area contributed by atoms with Crippen LogP contribution in [0.2, 0.25) is 0 Å². The van der Waals surface area contributed by atoms with Crippen LogP contribution in [-0.2, 0) is 12.8 Å². The van der Waals surface area contributed by atoms with Crippen molar-refractivity contribution in [1.82, 2.24) is 0 Å². The molecule has 1 aromatic carbocycles. The van der Waals surface area contributed by atoms with Crippen LogP contribution >= 0.6 is 0 Å². The summed E-state index contributed by atoms with van der Waals surface area (Å²) in [6.07, 6.45) is 9.34. The van der Waals surface area contributed by atoms with Gasteiger partial charge in [0.15, 0.2) is 0 Å². The van der Waals surface area contributed by atoms with Crippen LogP contribution in [0.5, 0.6) is 0 Å². The molecule has 1 unspecified atom stereocenters. The van der Waals surface area contributed by atoms with Gasteiger partial charge < -0.3 is 5.11 Å². The first-order valence-electron chi connectivity index (χ1n) is 7.04. The Morgan fingerprint density at radius 2 is 1.82 bits per heavy atom. The number of rotatable bonds is 2. The van der Waals surface area contributed by atoms with Gasteiger partial charge in [-0.05, 0) is 36.3 Å². The van der Waals surface area contributed by atoms with E-state index in [9.17, 15) is 5.11 Å². The summed E-state index contributed by atoms with van der Waals surface area (Å²) >= 11 is 0. The highest BCUT2D eigenvalue weighted by Gasteiger charge is 2.34.